The first-order valence-corrected chi connectivity index (χ1v) is 8.07. The molecule has 2 heteroatoms. The van der Waals surface area contributed by atoms with E-state index in [4.69, 9.17) is 0 Å². The lowest BCUT2D eigenvalue weighted by Crippen LogP contribution is -2.48. The first-order valence-electron chi connectivity index (χ1n) is 8.07. The van der Waals surface area contributed by atoms with Crippen molar-refractivity contribution in [1.82, 2.24) is 10.6 Å². The highest BCUT2D eigenvalue weighted by molar-refractivity contribution is 4.87. The average Bonchev–Trinajstić information content (AvgIpc) is 2.31. The maximum absolute atomic E-state index is 3.91. The molecule has 106 valence electrons. The minimum absolute atomic E-state index is 0.272. The molecule has 2 aliphatic rings. The second kappa shape index (κ2) is 6.38. The van der Waals surface area contributed by atoms with Crippen LogP contribution < -0.4 is 10.6 Å². The third kappa shape index (κ3) is 4.89. The van der Waals surface area contributed by atoms with E-state index in [0.717, 1.165) is 18.1 Å². The molecular formula is C16H32N2. The van der Waals surface area contributed by atoms with Gasteiger partial charge in [0.05, 0.1) is 0 Å². The van der Waals surface area contributed by atoms with E-state index in [9.17, 15) is 0 Å². The summed E-state index contributed by atoms with van der Waals surface area (Å²) in [6.45, 7) is 6.83. The van der Waals surface area contributed by atoms with Gasteiger partial charge in [0.25, 0.3) is 0 Å². The maximum atomic E-state index is 3.91. The molecule has 0 radical (unpaired) electrons. The SMILES string of the molecule is CC(C)(C)NC1CCC(NC2CCCCC2)CC1. The van der Waals surface area contributed by atoms with E-state index in [2.05, 4.69) is 31.4 Å². The molecule has 18 heavy (non-hydrogen) atoms. The number of rotatable bonds is 3. The first-order chi connectivity index (χ1) is 8.53. The molecule has 0 aliphatic heterocycles. The molecule has 2 fully saturated rings. The van der Waals surface area contributed by atoms with Gasteiger partial charge in [0.15, 0.2) is 0 Å². The number of nitrogens with one attached hydrogen (secondary N) is 2. The molecule has 0 heterocycles. The summed E-state index contributed by atoms with van der Waals surface area (Å²) in [6.07, 6.45) is 12.6. The zero-order chi connectivity index (χ0) is 13.0. The van der Waals surface area contributed by atoms with Crippen molar-refractivity contribution in [2.24, 2.45) is 0 Å². The maximum Gasteiger partial charge on any atom is 0.00990 e. The summed E-state index contributed by atoms with van der Waals surface area (Å²) in [7, 11) is 0. The van der Waals surface area contributed by atoms with E-state index in [1.807, 2.05) is 0 Å². The largest absolute Gasteiger partial charge is 0.311 e. The van der Waals surface area contributed by atoms with Crippen LogP contribution in [0.3, 0.4) is 0 Å². The molecule has 0 bridgehead atoms. The molecule has 0 aromatic carbocycles. The molecule has 2 saturated carbocycles. The van der Waals surface area contributed by atoms with Crippen LogP contribution in [0.1, 0.15) is 78.6 Å². The summed E-state index contributed by atoms with van der Waals surface area (Å²) in [5.74, 6) is 0. The van der Waals surface area contributed by atoms with E-state index in [1.54, 1.807) is 0 Å². The van der Waals surface area contributed by atoms with Gasteiger partial charge in [-0.1, -0.05) is 19.3 Å². The van der Waals surface area contributed by atoms with Gasteiger partial charge >= 0.3 is 0 Å². The van der Waals surface area contributed by atoms with Crippen molar-refractivity contribution in [3.63, 3.8) is 0 Å². The standard InChI is InChI=1S/C16H32N2/c1-16(2,3)18-15-11-9-14(10-12-15)17-13-7-5-4-6-8-13/h13-15,17-18H,4-12H2,1-3H3. The van der Waals surface area contributed by atoms with E-state index in [-0.39, 0.29) is 5.54 Å². The summed E-state index contributed by atoms with van der Waals surface area (Å²) in [4.78, 5) is 0. The summed E-state index contributed by atoms with van der Waals surface area (Å²) >= 11 is 0. The molecule has 2 nitrogen and oxygen atoms in total. The Hall–Kier alpha value is -0.0800. The fraction of sp³-hybridized carbons (Fsp3) is 1.00. The van der Waals surface area contributed by atoms with E-state index < -0.39 is 0 Å². The van der Waals surface area contributed by atoms with Crippen LogP contribution in [0.25, 0.3) is 0 Å². The monoisotopic (exact) mass is 252 g/mol. The van der Waals surface area contributed by atoms with Crippen LogP contribution in [0.5, 0.6) is 0 Å². The number of hydrogen-bond acceptors (Lipinski definition) is 2. The van der Waals surface area contributed by atoms with Gasteiger partial charge in [0.2, 0.25) is 0 Å². The third-order valence-electron chi connectivity index (χ3n) is 4.44. The summed E-state index contributed by atoms with van der Waals surface area (Å²) in [6, 6.07) is 2.37. The highest BCUT2D eigenvalue weighted by atomic mass is 15.0. The Morgan fingerprint density at radius 3 is 1.72 bits per heavy atom. The lowest BCUT2D eigenvalue weighted by molar-refractivity contribution is 0.238. The third-order valence-corrected chi connectivity index (χ3v) is 4.44. The quantitative estimate of drug-likeness (QED) is 0.802. The van der Waals surface area contributed by atoms with Crippen LogP contribution in [0.2, 0.25) is 0 Å². The van der Waals surface area contributed by atoms with Crippen LogP contribution in [-0.2, 0) is 0 Å². The van der Waals surface area contributed by atoms with E-state index in [1.165, 1.54) is 57.8 Å². The molecule has 0 atom stereocenters. The lowest BCUT2D eigenvalue weighted by Gasteiger charge is -2.36. The zero-order valence-corrected chi connectivity index (χ0v) is 12.6. The molecule has 0 saturated heterocycles. The highest BCUT2D eigenvalue weighted by Crippen LogP contribution is 2.24. The van der Waals surface area contributed by atoms with Crippen molar-refractivity contribution in [3.8, 4) is 0 Å². The Bertz CT molecular complexity index is 230. The molecule has 2 aliphatic carbocycles. The van der Waals surface area contributed by atoms with Crippen LogP contribution in [-0.4, -0.2) is 23.7 Å². The minimum Gasteiger partial charge on any atom is -0.311 e. The second-order valence-electron chi connectivity index (χ2n) is 7.44. The van der Waals surface area contributed by atoms with Gasteiger partial charge in [-0.15, -0.1) is 0 Å². The van der Waals surface area contributed by atoms with Crippen molar-refractivity contribution in [2.45, 2.75) is 102 Å². The second-order valence-corrected chi connectivity index (χ2v) is 7.44. The molecule has 2 rings (SSSR count). The molecule has 2 N–H and O–H groups in total. The number of hydrogen-bond donors (Lipinski definition) is 2. The highest BCUT2D eigenvalue weighted by Gasteiger charge is 2.25. The van der Waals surface area contributed by atoms with Crippen LogP contribution in [0.4, 0.5) is 0 Å². The van der Waals surface area contributed by atoms with Gasteiger partial charge < -0.3 is 10.6 Å². The molecule has 0 amide bonds. The van der Waals surface area contributed by atoms with Crippen molar-refractivity contribution < 1.29 is 0 Å². The van der Waals surface area contributed by atoms with Gasteiger partial charge in [-0.25, -0.2) is 0 Å². The topological polar surface area (TPSA) is 24.1 Å². The Kier molecular flexibility index (Phi) is 5.08. The smallest absolute Gasteiger partial charge is 0.00990 e. The Balaban J connectivity index is 1.66. The lowest BCUT2D eigenvalue weighted by atomic mass is 9.87. The first kappa shape index (κ1) is 14.3. The minimum atomic E-state index is 0.272. The van der Waals surface area contributed by atoms with E-state index in [0.29, 0.717) is 0 Å². The fourth-order valence-corrected chi connectivity index (χ4v) is 3.62. The van der Waals surface area contributed by atoms with Crippen LogP contribution >= 0.6 is 0 Å². The predicted molar refractivity (Wildman–Crippen MR) is 78.9 cm³/mol. The Morgan fingerprint density at radius 2 is 1.17 bits per heavy atom. The molecule has 0 aromatic heterocycles. The van der Waals surface area contributed by atoms with Gasteiger partial charge in [0.1, 0.15) is 0 Å². The molecule has 0 spiro atoms. The van der Waals surface area contributed by atoms with Crippen molar-refractivity contribution in [2.75, 3.05) is 0 Å². The zero-order valence-electron chi connectivity index (χ0n) is 12.6. The molecule has 0 aromatic rings. The van der Waals surface area contributed by atoms with Crippen molar-refractivity contribution in [1.29, 1.82) is 0 Å². The average molecular weight is 252 g/mol. The summed E-state index contributed by atoms with van der Waals surface area (Å²) < 4.78 is 0. The van der Waals surface area contributed by atoms with Crippen molar-refractivity contribution in [3.05, 3.63) is 0 Å². The van der Waals surface area contributed by atoms with Gasteiger partial charge in [-0.05, 0) is 59.3 Å². The molecule has 0 unspecified atom stereocenters. The summed E-state index contributed by atoms with van der Waals surface area (Å²) in [5, 5.41) is 7.67. The van der Waals surface area contributed by atoms with Gasteiger partial charge in [-0.2, -0.15) is 0 Å². The van der Waals surface area contributed by atoms with Gasteiger partial charge in [-0.3, -0.25) is 0 Å². The van der Waals surface area contributed by atoms with Gasteiger partial charge in [0, 0.05) is 23.7 Å². The normalized spacial score (nSPS) is 31.5. The van der Waals surface area contributed by atoms with Crippen LogP contribution in [0.15, 0.2) is 0 Å². The van der Waals surface area contributed by atoms with Crippen molar-refractivity contribution >= 4 is 0 Å². The fourth-order valence-electron chi connectivity index (χ4n) is 3.62. The Morgan fingerprint density at radius 1 is 0.667 bits per heavy atom. The van der Waals surface area contributed by atoms with E-state index >= 15 is 0 Å². The predicted octanol–water partition coefficient (Wildman–Crippen LogP) is 3.61. The van der Waals surface area contributed by atoms with Crippen LogP contribution in [0, 0.1) is 0 Å². The summed E-state index contributed by atoms with van der Waals surface area (Å²) in [5.41, 5.74) is 0.272. The Labute approximate surface area is 113 Å². The molecular weight excluding hydrogens is 220 g/mol.